The molecule has 7 heteroatoms. The average molecular weight is 301 g/mol. The molecule has 0 atom stereocenters. The van der Waals surface area contributed by atoms with Gasteiger partial charge in [0.1, 0.15) is 17.2 Å². The lowest BCUT2D eigenvalue weighted by Crippen LogP contribution is -2.22. The molecule has 3 rings (SSSR count). The molecule has 2 aromatic heterocycles. The topological polar surface area (TPSA) is 74.8 Å². The second-order valence-corrected chi connectivity index (χ2v) is 4.54. The number of carbonyl (C=O) groups excluding carboxylic acids is 1. The summed E-state index contributed by atoms with van der Waals surface area (Å²) in [4.78, 5) is 30.7. The number of aromatic amines is 1. The van der Waals surface area contributed by atoms with Gasteiger partial charge in [-0.15, -0.1) is 0 Å². The van der Waals surface area contributed by atoms with Gasteiger partial charge in [0.05, 0.1) is 22.8 Å². The van der Waals surface area contributed by atoms with Crippen molar-refractivity contribution in [1.82, 2.24) is 9.97 Å². The Labute approximate surface area is 122 Å². The number of hydrogen-bond acceptors (Lipinski definition) is 3. The molecule has 22 heavy (non-hydrogen) atoms. The van der Waals surface area contributed by atoms with Gasteiger partial charge >= 0.3 is 0 Å². The summed E-state index contributed by atoms with van der Waals surface area (Å²) in [5, 5.41) is 2.12. The van der Waals surface area contributed by atoms with Crippen molar-refractivity contribution >= 4 is 22.5 Å². The van der Waals surface area contributed by atoms with Gasteiger partial charge in [0.25, 0.3) is 5.91 Å². The highest BCUT2D eigenvalue weighted by molar-refractivity contribution is 6.05. The van der Waals surface area contributed by atoms with E-state index in [0.29, 0.717) is 11.8 Å². The molecular formula is C15H9F2N3O2. The van der Waals surface area contributed by atoms with Crippen molar-refractivity contribution in [2.24, 2.45) is 0 Å². The minimum atomic E-state index is -1.02. The summed E-state index contributed by atoms with van der Waals surface area (Å²) in [5.74, 6) is -2.54. The minimum Gasteiger partial charge on any atom is -0.360 e. The molecular weight excluding hydrogens is 292 g/mol. The monoisotopic (exact) mass is 301 g/mol. The van der Waals surface area contributed by atoms with E-state index in [0.717, 1.165) is 12.3 Å². The quantitative estimate of drug-likeness (QED) is 0.763. The number of H-pyrrole nitrogens is 1. The molecule has 0 bridgehead atoms. The van der Waals surface area contributed by atoms with Crippen LogP contribution in [-0.4, -0.2) is 15.9 Å². The summed E-state index contributed by atoms with van der Waals surface area (Å²) in [6.45, 7) is 0. The minimum absolute atomic E-state index is 0.0135. The van der Waals surface area contributed by atoms with Crippen molar-refractivity contribution in [3.05, 3.63) is 70.3 Å². The molecule has 2 heterocycles. The average Bonchev–Trinajstić information content (AvgIpc) is 2.47. The summed E-state index contributed by atoms with van der Waals surface area (Å²) >= 11 is 0. The number of amides is 1. The second kappa shape index (κ2) is 5.36. The third kappa shape index (κ3) is 2.44. The highest BCUT2D eigenvalue weighted by atomic mass is 19.1. The van der Waals surface area contributed by atoms with Crippen molar-refractivity contribution in [3.8, 4) is 0 Å². The fourth-order valence-corrected chi connectivity index (χ4v) is 2.07. The number of rotatable bonds is 2. The van der Waals surface area contributed by atoms with E-state index < -0.39 is 23.0 Å². The molecule has 0 spiro atoms. The molecule has 3 aromatic rings. The zero-order valence-electron chi connectivity index (χ0n) is 11.1. The number of nitrogens with one attached hydrogen (secondary N) is 2. The van der Waals surface area contributed by atoms with Crippen LogP contribution in [0.3, 0.4) is 0 Å². The lowest BCUT2D eigenvalue weighted by Gasteiger charge is -2.06. The zero-order chi connectivity index (χ0) is 15.7. The fraction of sp³-hybridized carbons (Fsp3) is 0. The molecule has 0 saturated carbocycles. The summed E-state index contributed by atoms with van der Waals surface area (Å²) < 4.78 is 26.9. The van der Waals surface area contributed by atoms with Gasteiger partial charge in [0.2, 0.25) is 5.43 Å². The summed E-state index contributed by atoms with van der Waals surface area (Å²) in [7, 11) is 0. The van der Waals surface area contributed by atoms with Crippen LogP contribution in [0.4, 0.5) is 14.5 Å². The van der Waals surface area contributed by atoms with E-state index in [1.807, 2.05) is 0 Å². The van der Waals surface area contributed by atoms with Crippen LogP contribution >= 0.6 is 0 Å². The Morgan fingerprint density at radius 3 is 2.82 bits per heavy atom. The molecule has 0 aliphatic heterocycles. The number of benzene rings is 1. The van der Waals surface area contributed by atoms with Gasteiger partial charge in [0.15, 0.2) is 0 Å². The van der Waals surface area contributed by atoms with Crippen LogP contribution in [0.25, 0.3) is 10.9 Å². The Morgan fingerprint density at radius 2 is 2.09 bits per heavy atom. The number of fused-ring (bicyclic) bond motifs is 1. The maximum atomic E-state index is 13.8. The predicted octanol–water partition coefficient (Wildman–Crippen LogP) is 2.45. The first kappa shape index (κ1) is 13.9. The van der Waals surface area contributed by atoms with Crippen molar-refractivity contribution in [2.75, 3.05) is 5.32 Å². The highest BCUT2D eigenvalue weighted by Crippen LogP contribution is 2.15. The Balaban J connectivity index is 2.07. The summed E-state index contributed by atoms with van der Waals surface area (Å²) in [5.41, 5.74) is -0.707. The van der Waals surface area contributed by atoms with Gasteiger partial charge < -0.3 is 10.3 Å². The van der Waals surface area contributed by atoms with Crippen LogP contribution in [-0.2, 0) is 0 Å². The highest BCUT2D eigenvalue weighted by Gasteiger charge is 2.16. The molecule has 0 unspecified atom stereocenters. The van der Waals surface area contributed by atoms with E-state index in [1.165, 1.54) is 12.4 Å². The van der Waals surface area contributed by atoms with Gasteiger partial charge in [-0.05, 0) is 18.2 Å². The molecule has 2 N–H and O–H groups in total. The van der Waals surface area contributed by atoms with E-state index in [2.05, 4.69) is 15.3 Å². The standard InChI is InChI=1S/C15H9F2N3O2/c16-8-4-11(17)13-12(5-8)19-7-10(14(13)21)15(22)20-9-2-1-3-18-6-9/h1-7H,(H,19,21)(H,20,22). The number of nitrogens with zero attached hydrogens (tertiary/aromatic N) is 1. The van der Waals surface area contributed by atoms with Crippen LogP contribution < -0.4 is 10.7 Å². The smallest absolute Gasteiger partial charge is 0.261 e. The number of hydrogen-bond donors (Lipinski definition) is 2. The molecule has 0 aliphatic carbocycles. The maximum Gasteiger partial charge on any atom is 0.261 e. The molecule has 5 nitrogen and oxygen atoms in total. The first-order valence-corrected chi connectivity index (χ1v) is 6.28. The molecule has 0 aliphatic rings. The molecule has 0 saturated heterocycles. The third-order valence-corrected chi connectivity index (χ3v) is 3.06. The van der Waals surface area contributed by atoms with Crippen molar-refractivity contribution in [1.29, 1.82) is 0 Å². The summed E-state index contributed by atoms with van der Waals surface area (Å²) in [6.07, 6.45) is 4.06. The number of anilines is 1. The Bertz CT molecular complexity index is 923. The van der Waals surface area contributed by atoms with Gasteiger partial charge in [-0.25, -0.2) is 8.78 Å². The van der Waals surface area contributed by atoms with Gasteiger partial charge in [0, 0.05) is 18.5 Å². The number of halogens is 2. The van der Waals surface area contributed by atoms with Crippen LogP contribution in [0.1, 0.15) is 10.4 Å². The third-order valence-electron chi connectivity index (χ3n) is 3.06. The molecule has 1 aromatic carbocycles. The van der Waals surface area contributed by atoms with E-state index >= 15 is 0 Å². The maximum absolute atomic E-state index is 13.8. The molecule has 0 fully saturated rings. The lowest BCUT2D eigenvalue weighted by atomic mass is 10.1. The van der Waals surface area contributed by atoms with E-state index in [4.69, 9.17) is 0 Å². The molecule has 0 radical (unpaired) electrons. The van der Waals surface area contributed by atoms with E-state index in [9.17, 15) is 18.4 Å². The first-order valence-electron chi connectivity index (χ1n) is 6.28. The van der Waals surface area contributed by atoms with E-state index in [-0.39, 0.29) is 16.5 Å². The first-order chi connectivity index (χ1) is 10.6. The van der Waals surface area contributed by atoms with Crippen LogP contribution in [0, 0.1) is 11.6 Å². The summed E-state index contributed by atoms with van der Waals surface area (Å²) in [6, 6.07) is 4.79. The number of pyridine rings is 2. The Hall–Kier alpha value is -3.09. The normalized spacial score (nSPS) is 10.6. The lowest BCUT2D eigenvalue weighted by molar-refractivity contribution is 0.102. The molecule has 110 valence electrons. The largest absolute Gasteiger partial charge is 0.360 e. The van der Waals surface area contributed by atoms with Gasteiger partial charge in [-0.1, -0.05) is 0 Å². The van der Waals surface area contributed by atoms with Gasteiger partial charge in [-0.3, -0.25) is 14.6 Å². The number of carbonyl (C=O) groups is 1. The zero-order valence-corrected chi connectivity index (χ0v) is 11.1. The fourth-order valence-electron chi connectivity index (χ4n) is 2.07. The van der Waals surface area contributed by atoms with Crippen molar-refractivity contribution in [3.63, 3.8) is 0 Å². The van der Waals surface area contributed by atoms with Crippen LogP contribution in [0.2, 0.25) is 0 Å². The van der Waals surface area contributed by atoms with Crippen molar-refractivity contribution < 1.29 is 13.6 Å². The SMILES string of the molecule is O=C(Nc1cccnc1)c1c[nH]c2cc(F)cc(F)c2c1=O. The molecule has 1 amide bonds. The van der Waals surface area contributed by atoms with Crippen LogP contribution in [0.5, 0.6) is 0 Å². The van der Waals surface area contributed by atoms with E-state index in [1.54, 1.807) is 12.1 Å². The van der Waals surface area contributed by atoms with Crippen molar-refractivity contribution in [2.45, 2.75) is 0 Å². The van der Waals surface area contributed by atoms with Crippen LogP contribution in [0.15, 0.2) is 47.7 Å². The van der Waals surface area contributed by atoms with Gasteiger partial charge in [-0.2, -0.15) is 0 Å². The second-order valence-electron chi connectivity index (χ2n) is 4.54. The number of aromatic nitrogens is 2. The Kier molecular flexibility index (Phi) is 3.38. The predicted molar refractivity (Wildman–Crippen MR) is 76.7 cm³/mol. The Morgan fingerprint density at radius 1 is 1.27 bits per heavy atom.